The Bertz CT molecular complexity index is 965. The van der Waals surface area contributed by atoms with Gasteiger partial charge in [-0.25, -0.2) is 14.2 Å². The summed E-state index contributed by atoms with van der Waals surface area (Å²) in [5, 5.41) is 7.67. The van der Waals surface area contributed by atoms with Crippen molar-refractivity contribution < 1.29 is 13.9 Å². The average molecular weight is 331 g/mol. The Hall–Kier alpha value is -3.10. The Balaban J connectivity index is 2.09. The molecule has 0 fully saturated rings. The summed E-state index contributed by atoms with van der Waals surface area (Å²) in [6, 6.07) is 4.84. The summed E-state index contributed by atoms with van der Waals surface area (Å²) in [6.45, 7) is 3.42. The lowest BCUT2D eigenvalue weighted by Gasteiger charge is -2.12. The third-order valence-electron chi connectivity index (χ3n) is 3.49. The minimum atomic E-state index is -0.839. The van der Waals surface area contributed by atoms with Crippen molar-refractivity contribution in [2.24, 2.45) is 0 Å². The van der Waals surface area contributed by atoms with Gasteiger partial charge in [-0.05, 0) is 32.0 Å². The smallest absolute Gasteiger partial charge is 0.328 e. The number of nitrogens with zero attached hydrogens (tertiary/aromatic N) is 5. The lowest BCUT2D eigenvalue weighted by atomic mass is 10.3. The van der Waals surface area contributed by atoms with Gasteiger partial charge in [-0.15, -0.1) is 5.10 Å². The molecule has 0 aliphatic heterocycles. The standard InChI is InChI=1S/C15H14FN5O3/c1-3-24-15(23)9(2)20-8-17-13-12(14(20)22)18-19-21(13)11-6-4-5-10(16)7-11/h4-9H,3H2,1-2H3/t9-/m1/s1. The number of ether oxygens (including phenoxy) is 1. The van der Waals surface area contributed by atoms with Gasteiger partial charge in [0.2, 0.25) is 0 Å². The topological polar surface area (TPSA) is 91.9 Å². The quantitative estimate of drug-likeness (QED) is 0.668. The predicted molar refractivity (Wildman–Crippen MR) is 82.2 cm³/mol. The SMILES string of the molecule is CCOC(=O)[C@@H](C)n1cnc2c(nnn2-c2cccc(F)c2)c1=O. The van der Waals surface area contributed by atoms with E-state index in [1.807, 2.05) is 0 Å². The lowest BCUT2D eigenvalue weighted by molar-refractivity contribution is -0.146. The highest BCUT2D eigenvalue weighted by molar-refractivity contribution is 5.75. The van der Waals surface area contributed by atoms with Crippen molar-refractivity contribution in [3.63, 3.8) is 0 Å². The van der Waals surface area contributed by atoms with E-state index in [1.165, 1.54) is 36.1 Å². The van der Waals surface area contributed by atoms with Gasteiger partial charge < -0.3 is 4.74 Å². The van der Waals surface area contributed by atoms with Crippen molar-refractivity contribution in [3.8, 4) is 5.69 Å². The first-order valence-corrected chi connectivity index (χ1v) is 7.28. The zero-order valence-corrected chi connectivity index (χ0v) is 13.0. The highest BCUT2D eigenvalue weighted by Gasteiger charge is 2.21. The van der Waals surface area contributed by atoms with Gasteiger partial charge in [-0.3, -0.25) is 9.36 Å². The Labute approximate surface area is 135 Å². The summed E-state index contributed by atoms with van der Waals surface area (Å²) in [7, 11) is 0. The molecule has 1 aromatic carbocycles. The highest BCUT2D eigenvalue weighted by Crippen LogP contribution is 2.14. The van der Waals surface area contributed by atoms with Crippen LogP contribution in [0.1, 0.15) is 19.9 Å². The van der Waals surface area contributed by atoms with Gasteiger partial charge in [0.1, 0.15) is 18.2 Å². The molecular weight excluding hydrogens is 317 g/mol. The Morgan fingerprint density at radius 2 is 2.21 bits per heavy atom. The molecule has 0 amide bonds. The summed E-state index contributed by atoms with van der Waals surface area (Å²) in [5.74, 6) is -0.987. The average Bonchev–Trinajstić information content (AvgIpc) is 3.00. The minimum absolute atomic E-state index is 0.0158. The van der Waals surface area contributed by atoms with Crippen LogP contribution >= 0.6 is 0 Å². The second-order valence-electron chi connectivity index (χ2n) is 5.04. The van der Waals surface area contributed by atoms with Crippen LogP contribution in [0.25, 0.3) is 16.9 Å². The van der Waals surface area contributed by atoms with E-state index in [2.05, 4.69) is 15.3 Å². The molecule has 0 saturated carbocycles. The van der Waals surface area contributed by atoms with Crippen LogP contribution in [-0.2, 0) is 9.53 Å². The highest BCUT2D eigenvalue weighted by atomic mass is 19.1. The molecule has 0 radical (unpaired) electrons. The molecule has 9 heteroatoms. The molecule has 0 aliphatic carbocycles. The van der Waals surface area contributed by atoms with Gasteiger partial charge in [0.25, 0.3) is 5.56 Å². The number of fused-ring (bicyclic) bond motifs is 1. The number of esters is 1. The minimum Gasteiger partial charge on any atom is -0.464 e. The van der Waals surface area contributed by atoms with Gasteiger partial charge in [0.15, 0.2) is 11.2 Å². The molecule has 2 heterocycles. The normalized spacial score (nSPS) is 12.3. The largest absolute Gasteiger partial charge is 0.464 e. The molecule has 1 atom stereocenters. The molecule has 0 unspecified atom stereocenters. The van der Waals surface area contributed by atoms with E-state index < -0.39 is 23.4 Å². The van der Waals surface area contributed by atoms with Crippen LogP contribution in [-0.4, -0.2) is 37.1 Å². The zero-order chi connectivity index (χ0) is 17.3. The van der Waals surface area contributed by atoms with Crippen LogP contribution in [0.4, 0.5) is 4.39 Å². The molecule has 0 spiro atoms. The first-order valence-electron chi connectivity index (χ1n) is 7.28. The van der Waals surface area contributed by atoms with Crippen LogP contribution in [0, 0.1) is 5.82 Å². The van der Waals surface area contributed by atoms with E-state index in [4.69, 9.17) is 4.74 Å². The molecule has 8 nitrogen and oxygen atoms in total. The molecule has 24 heavy (non-hydrogen) atoms. The predicted octanol–water partition coefficient (Wildman–Crippen LogP) is 1.24. The first-order chi connectivity index (χ1) is 11.5. The van der Waals surface area contributed by atoms with Crippen molar-refractivity contribution >= 4 is 17.1 Å². The van der Waals surface area contributed by atoms with E-state index in [9.17, 15) is 14.0 Å². The number of hydrogen-bond donors (Lipinski definition) is 0. The van der Waals surface area contributed by atoms with Gasteiger partial charge in [0.05, 0.1) is 12.3 Å². The molecule has 3 aromatic rings. The van der Waals surface area contributed by atoms with Crippen LogP contribution in [0.3, 0.4) is 0 Å². The second kappa shape index (κ2) is 6.19. The number of rotatable bonds is 4. The van der Waals surface area contributed by atoms with Crippen LogP contribution in [0.15, 0.2) is 35.4 Å². The number of halogens is 1. The maximum absolute atomic E-state index is 13.4. The molecule has 0 saturated heterocycles. The van der Waals surface area contributed by atoms with Crippen molar-refractivity contribution in [1.82, 2.24) is 24.5 Å². The third kappa shape index (κ3) is 2.64. The van der Waals surface area contributed by atoms with Gasteiger partial charge >= 0.3 is 5.97 Å². The molecule has 2 aromatic heterocycles. The maximum Gasteiger partial charge on any atom is 0.328 e. The maximum atomic E-state index is 13.4. The molecule has 3 rings (SSSR count). The van der Waals surface area contributed by atoms with Crippen molar-refractivity contribution in [2.45, 2.75) is 19.9 Å². The van der Waals surface area contributed by atoms with E-state index in [-0.39, 0.29) is 17.8 Å². The number of aromatic nitrogens is 5. The van der Waals surface area contributed by atoms with Gasteiger partial charge in [-0.1, -0.05) is 11.3 Å². The van der Waals surface area contributed by atoms with Crippen molar-refractivity contribution in [3.05, 3.63) is 46.8 Å². The monoisotopic (exact) mass is 331 g/mol. The number of carbonyl (C=O) groups excluding carboxylic acids is 1. The fourth-order valence-corrected chi connectivity index (χ4v) is 2.26. The van der Waals surface area contributed by atoms with Crippen LogP contribution in [0.2, 0.25) is 0 Å². The second-order valence-corrected chi connectivity index (χ2v) is 5.04. The fraction of sp³-hybridized carbons (Fsp3) is 0.267. The molecule has 0 aliphatic rings. The van der Waals surface area contributed by atoms with E-state index in [0.29, 0.717) is 5.69 Å². The van der Waals surface area contributed by atoms with Crippen LogP contribution < -0.4 is 5.56 Å². The van der Waals surface area contributed by atoms with Gasteiger partial charge in [-0.2, -0.15) is 4.68 Å². The number of benzene rings is 1. The summed E-state index contributed by atoms with van der Waals surface area (Å²) < 4.78 is 20.7. The third-order valence-corrected chi connectivity index (χ3v) is 3.49. The summed E-state index contributed by atoms with van der Waals surface area (Å²) >= 11 is 0. The number of hydrogen-bond acceptors (Lipinski definition) is 6. The van der Waals surface area contributed by atoms with Crippen LogP contribution in [0.5, 0.6) is 0 Å². The molecule has 124 valence electrons. The van der Waals surface area contributed by atoms with E-state index in [1.54, 1.807) is 13.0 Å². The Kier molecular flexibility index (Phi) is 4.07. The molecule has 0 bridgehead atoms. The first kappa shape index (κ1) is 15.8. The van der Waals surface area contributed by atoms with Crippen molar-refractivity contribution in [2.75, 3.05) is 6.61 Å². The van der Waals surface area contributed by atoms with Gasteiger partial charge in [0, 0.05) is 0 Å². The Morgan fingerprint density at radius 1 is 1.42 bits per heavy atom. The Morgan fingerprint density at radius 3 is 2.92 bits per heavy atom. The number of carbonyl (C=O) groups is 1. The fourth-order valence-electron chi connectivity index (χ4n) is 2.26. The lowest BCUT2D eigenvalue weighted by Crippen LogP contribution is -2.29. The zero-order valence-electron chi connectivity index (χ0n) is 13.0. The summed E-state index contributed by atoms with van der Waals surface area (Å²) in [6.07, 6.45) is 1.23. The van der Waals surface area contributed by atoms with E-state index >= 15 is 0 Å². The van der Waals surface area contributed by atoms with E-state index in [0.717, 1.165) is 4.57 Å². The van der Waals surface area contributed by atoms with Crippen molar-refractivity contribution in [1.29, 1.82) is 0 Å². The summed E-state index contributed by atoms with van der Waals surface area (Å²) in [4.78, 5) is 28.5. The molecular formula is C15H14FN5O3. The summed E-state index contributed by atoms with van der Waals surface area (Å²) in [5.41, 5.74) is 0.0274. The molecule has 0 N–H and O–H groups in total.